The number of rotatable bonds is 4. The van der Waals surface area contributed by atoms with Crippen molar-refractivity contribution in [3.8, 4) is 67.2 Å². The van der Waals surface area contributed by atoms with Gasteiger partial charge in [0, 0.05) is 30.4 Å². The van der Waals surface area contributed by atoms with Gasteiger partial charge in [-0.25, -0.2) is 4.98 Å². The third kappa shape index (κ3) is 3.82. The average Bonchev–Trinajstić information content (AvgIpc) is 3.70. The van der Waals surface area contributed by atoms with Crippen LogP contribution in [0.1, 0.15) is 0 Å². The van der Waals surface area contributed by atoms with Gasteiger partial charge in [0.25, 0.3) is 0 Å². The Kier molecular flexibility index (Phi) is 5.79. The molecule has 1 aliphatic carbocycles. The summed E-state index contributed by atoms with van der Waals surface area (Å²) in [6.07, 6.45) is 3.96. The van der Waals surface area contributed by atoms with Gasteiger partial charge in [0.2, 0.25) is 0 Å². The fourth-order valence-corrected chi connectivity index (χ4v) is 7.96. The van der Waals surface area contributed by atoms with Crippen LogP contribution in [0.15, 0.2) is 158 Å². The number of nitrogens with zero attached hydrogens (tertiary/aromatic N) is 3. The number of hydrogen-bond donors (Lipinski definition) is 0. The highest BCUT2D eigenvalue weighted by Crippen LogP contribution is 2.58. The minimum absolute atomic E-state index is 0.875. The molecule has 0 unspecified atom stereocenters. The van der Waals surface area contributed by atoms with Crippen molar-refractivity contribution in [3.63, 3.8) is 0 Å². The smallest absolute Gasteiger partial charge is 0.0980 e. The van der Waals surface area contributed by atoms with Crippen molar-refractivity contribution in [1.82, 2.24) is 14.5 Å². The van der Waals surface area contributed by atoms with E-state index in [1.54, 1.807) is 0 Å². The Hall–Kier alpha value is -6.32. The maximum atomic E-state index is 5.25. The lowest BCUT2D eigenvalue weighted by Crippen LogP contribution is -1.93. The highest BCUT2D eigenvalue weighted by Gasteiger charge is 2.31. The number of benzene rings is 6. The van der Waals surface area contributed by atoms with Crippen LogP contribution >= 0.6 is 0 Å². The van der Waals surface area contributed by atoms with E-state index in [9.17, 15) is 0 Å². The Labute approximate surface area is 278 Å². The lowest BCUT2D eigenvalue weighted by molar-refractivity contribution is 0.968. The van der Waals surface area contributed by atoms with Gasteiger partial charge in [-0.3, -0.25) is 4.98 Å². The van der Waals surface area contributed by atoms with Gasteiger partial charge >= 0.3 is 0 Å². The minimum atomic E-state index is 0.875. The van der Waals surface area contributed by atoms with Gasteiger partial charge in [-0.2, -0.15) is 0 Å². The van der Waals surface area contributed by atoms with Gasteiger partial charge in [0.1, 0.15) is 0 Å². The Bertz CT molecular complexity index is 2630. The molecule has 0 atom stereocenters. The van der Waals surface area contributed by atoms with Crippen molar-refractivity contribution in [2.75, 3.05) is 0 Å². The largest absolute Gasteiger partial charge is 0.350 e. The lowest BCUT2D eigenvalue weighted by atomic mass is 9.82. The quantitative estimate of drug-likeness (QED) is 0.198. The van der Waals surface area contributed by atoms with Gasteiger partial charge < -0.3 is 4.57 Å². The number of pyridine rings is 2. The van der Waals surface area contributed by atoms with E-state index in [0.29, 0.717) is 0 Å². The summed E-state index contributed by atoms with van der Waals surface area (Å²) in [5.74, 6) is 0. The summed E-state index contributed by atoms with van der Waals surface area (Å²) in [6.45, 7) is 0. The van der Waals surface area contributed by atoms with Gasteiger partial charge in [-0.15, -0.1) is 0 Å². The van der Waals surface area contributed by atoms with Crippen molar-refractivity contribution >= 4 is 32.4 Å². The van der Waals surface area contributed by atoms with Crippen LogP contribution in [0.5, 0.6) is 0 Å². The second-order valence-electron chi connectivity index (χ2n) is 12.6. The van der Waals surface area contributed by atoms with Crippen molar-refractivity contribution in [1.29, 1.82) is 0 Å². The van der Waals surface area contributed by atoms with Crippen LogP contribution in [0.25, 0.3) is 99.6 Å². The highest BCUT2D eigenvalue weighted by atomic mass is 14.9. The predicted molar refractivity (Wildman–Crippen MR) is 200 cm³/mol. The first kappa shape index (κ1) is 26.9. The normalized spacial score (nSPS) is 11.9. The van der Waals surface area contributed by atoms with Crippen molar-refractivity contribution < 1.29 is 0 Å². The van der Waals surface area contributed by atoms with Crippen molar-refractivity contribution in [3.05, 3.63) is 158 Å². The van der Waals surface area contributed by atoms with Crippen LogP contribution < -0.4 is 0 Å². The van der Waals surface area contributed by atoms with E-state index in [1.165, 1.54) is 66.1 Å². The Balaban J connectivity index is 1.27. The van der Waals surface area contributed by atoms with Crippen LogP contribution in [0, 0.1) is 0 Å². The van der Waals surface area contributed by atoms with Crippen LogP contribution in [-0.2, 0) is 7.05 Å². The van der Waals surface area contributed by atoms with Gasteiger partial charge in [-0.1, -0.05) is 121 Å². The molecule has 0 spiro atoms. The van der Waals surface area contributed by atoms with Crippen LogP contribution in [0.2, 0.25) is 0 Å². The zero-order chi connectivity index (χ0) is 31.8. The second-order valence-corrected chi connectivity index (χ2v) is 12.6. The average molecular weight is 612 g/mol. The molecule has 0 saturated carbocycles. The van der Waals surface area contributed by atoms with Gasteiger partial charge in [0.15, 0.2) is 0 Å². The Morgan fingerprint density at radius 2 is 1.02 bits per heavy atom. The first-order valence-corrected chi connectivity index (χ1v) is 16.4. The van der Waals surface area contributed by atoms with Crippen molar-refractivity contribution in [2.24, 2.45) is 7.05 Å². The van der Waals surface area contributed by atoms with E-state index >= 15 is 0 Å². The molecule has 0 N–H and O–H groups in total. The molecule has 48 heavy (non-hydrogen) atoms. The minimum Gasteiger partial charge on any atom is -0.350 e. The molecule has 0 bridgehead atoms. The molecule has 0 fully saturated rings. The standard InChI is InChI=1S/C45H29N3/c1-48-27-25-34-39(48)24-26-46-45(34)38-21-11-20-37(47-38)30-22-23-36-42-31(30)18-10-19-35(42)43-40(28-12-4-2-5-13-28)32-16-8-9-17-33(32)41(44(36)43)29-14-6-3-7-15-29/h2-27H,1H3. The number of fused-ring (bicyclic) bond motifs is 5. The molecule has 3 nitrogen and oxygen atoms in total. The van der Waals surface area contributed by atoms with E-state index < -0.39 is 0 Å². The summed E-state index contributed by atoms with van der Waals surface area (Å²) in [6, 6.07) is 52.5. The van der Waals surface area contributed by atoms with Crippen LogP contribution in [0.3, 0.4) is 0 Å². The van der Waals surface area contributed by atoms with Crippen LogP contribution in [-0.4, -0.2) is 14.5 Å². The first-order chi connectivity index (χ1) is 23.8. The van der Waals surface area contributed by atoms with E-state index in [2.05, 4.69) is 163 Å². The fourth-order valence-electron chi connectivity index (χ4n) is 7.96. The Morgan fingerprint density at radius 3 is 1.73 bits per heavy atom. The molecule has 3 heterocycles. The molecule has 0 aliphatic heterocycles. The molecule has 3 heteroatoms. The highest BCUT2D eigenvalue weighted by molar-refractivity contribution is 6.28. The number of aryl methyl sites for hydroxylation is 1. The molecular weight excluding hydrogens is 583 g/mol. The first-order valence-electron chi connectivity index (χ1n) is 16.4. The predicted octanol–water partition coefficient (Wildman–Crippen LogP) is 11.6. The topological polar surface area (TPSA) is 30.7 Å². The molecule has 6 aromatic carbocycles. The molecule has 0 radical (unpaired) electrons. The van der Waals surface area contributed by atoms with Crippen molar-refractivity contribution in [2.45, 2.75) is 0 Å². The molecule has 1 aliphatic rings. The summed E-state index contributed by atoms with van der Waals surface area (Å²) in [4.78, 5) is 10.0. The summed E-state index contributed by atoms with van der Waals surface area (Å²) >= 11 is 0. The molecule has 10 rings (SSSR count). The SMILES string of the molecule is Cn1ccc2c(-c3cccc(-c4ccc5c6c(cccc46)-c4c-5c(-c5ccccc5)c5ccccc5c4-c4ccccc4)n3)nccc21. The maximum Gasteiger partial charge on any atom is 0.0980 e. The van der Waals surface area contributed by atoms with Gasteiger partial charge in [0.05, 0.1) is 22.6 Å². The molecule has 9 aromatic rings. The van der Waals surface area contributed by atoms with Gasteiger partial charge in [-0.05, 0) is 90.3 Å². The third-order valence-corrected chi connectivity index (χ3v) is 10.00. The zero-order valence-electron chi connectivity index (χ0n) is 26.4. The maximum absolute atomic E-state index is 5.25. The number of aromatic nitrogens is 3. The summed E-state index contributed by atoms with van der Waals surface area (Å²) in [5, 5.41) is 6.13. The summed E-state index contributed by atoms with van der Waals surface area (Å²) < 4.78 is 2.13. The Morgan fingerprint density at radius 1 is 0.438 bits per heavy atom. The zero-order valence-corrected chi connectivity index (χ0v) is 26.4. The fraction of sp³-hybridized carbons (Fsp3) is 0.0222. The summed E-state index contributed by atoms with van der Waals surface area (Å²) in [7, 11) is 2.07. The van der Waals surface area contributed by atoms with E-state index in [4.69, 9.17) is 9.97 Å². The molecule has 3 aromatic heterocycles. The summed E-state index contributed by atoms with van der Waals surface area (Å²) in [5.41, 5.74) is 15.2. The lowest BCUT2D eigenvalue weighted by Gasteiger charge is -2.20. The third-order valence-electron chi connectivity index (χ3n) is 10.00. The van der Waals surface area contributed by atoms with E-state index in [1.807, 2.05) is 6.20 Å². The molecule has 0 saturated heterocycles. The molecular formula is C45H29N3. The van der Waals surface area contributed by atoms with E-state index in [-0.39, 0.29) is 0 Å². The number of hydrogen-bond acceptors (Lipinski definition) is 2. The van der Waals surface area contributed by atoms with E-state index in [0.717, 1.165) is 33.5 Å². The molecule has 224 valence electrons. The monoisotopic (exact) mass is 611 g/mol. The van der Waals surface area contributed by atoms with Crippen LogP contribution in [0.4, 0.5) is 0 Å². The second kappa shape index (κ2) is 10.3. The molecule has 0 amide bonds.